The predicted octanol–water partition coefficient (Wildman–Crippen LogP) is 1.75. The fraction of sp³-hybridized carbons (Fsp3) is 0.500. The molecule has 0 aliphatic heterocycles. The van der Waals surface area contributed by atoms with Crippen LogP contribution in [0.4, 0.5) is 4.79 Å². The van der Waals surface area contributed by atoms with Gasteiger partial charge in [0.1, 0.15) is 5.75 Å². The molecule has 0 radical (unpaired) electrons. The Bertz CT molecular complexity index is 486. The van der Waals surface area contributed by atoms with Crippen molar-refractivity contribution >= 4 is 11.9 Å². The Balaban J connectivity index is 2.48. The Morgan fingerprint density at radius 1 is 1.23 bits per heavy atom. The molecule has 0 aliphatic carbocycles. The molecule has 22 heavy (non-hydrogen) atoms. The van der Waals surface area contributed by atoms with Crippen molar-refractivity contribution in [1.82, 2.24) is 15.5 Å². The number of methoxy groups -OCH3 is 1. The van der Waals surface area contributed by atoms with Crippen molar-refractivity contribution in [3.63, 3.8) is 0 Å². The summed E-state index contributed by atoms with van der Waals surface area (Å²) in [6, 6.07) is 7.44. The molecule has 1 aromatic carbocycles. The number of carbonyl (C=O) groups is 2. The molecule has 0 saturated heterocycles. The number of hydrogen-bond donors (Lipinski definition) is 2. The second kappa shape index (κ2) is 8.92. The summed E-state index contributed by atoms with van der Waals surface area (Å²) in [5.74, 6) is 0.757. The molecule has 6 nitrogen and oxygen atoms in total. The van der Waals surface area contributed by atoms with E-state index in [0.29, 0.717) is 19.6 Å². The first-order valence-electron chi connectivity index (χ1n) is 7.35. The number of benzene rings is 1. The average Bonchev–Trinajstić information content (AvgIpc) is 2.46. The van der Waals surface area contributed by atoms with Crippen LogP contribution < -0.4 is 15.4 Å². The number of hydrogen-bond acceptors (Lipinski definition) is 3. The van der Waals surface area contributed by atoms with E-state index in [4.69, 9.17) is 4.74 Å². The van der Waals surface area contributed by atoms with Gasteiger partial charge in [0.25, 0.3) is 0 Å². The van der Waals surface area contributed by atoms with E-state index in [1.165, 1.54) is 6.92 Å². The lowest BCUT2D eigenvalue weighted by molar-refractivity contribution is -0.129. The largest absolute Gasteiger partial charge is 0.497 e. The summed E-state index contributed by atoms with van der Waals surface area (Å²) < 4.78 is 5.11. The summed E-state index contributed by atoms with van der Waals surface area (Å²) in [6.07, 6.45) is 0. The molecule has 0 atom stereocenters. The minimum atomic E-state index is -0.219. The highest BCUT2D eigenvalue weighted by molar-refractivity contribution is 5.75. The van der Waals surface area contributed by atoms with Gasteiger partial charge in [-0.15, -0.1) is 0 Å². The fourth-order valence-electron chi connectivity index (χ4n) is 1.92. The van der Waals surface area contributed by atoms with Crippen molar-refractivity contribution < 1.29 is 14.3 Å². The SMILES string of the molecule is COc1ccc(CN(CCNC(=O)NC(C)C)C(C)=O)cc1. The highest BCUT2D eigenvalue weighted by Crippen LogP contribution is 2.13. The Kier molecular flexibility index (Phi) is 7.22. The van der Waals surface area contributed by atoms with Crippen molar-refractivity contribution in [3.05, 3.63) is 29.8 Å². The van der Waals surface area contributed by atoms with Crippen LogP contribution in [0.3, 0.4) is 0 Å². The first-order chi connectivity index (χ1) is 10.4. The Hall–Kier alpha value is -2.24. The topological polar surface area (TPSA) is 70.7 Å². The van der Waals surface area contributed by atoms with Gasteiger partial charge < -0.3 is 20.3 Å². The fourth-order valence-corrected chi connectivity index (χ4v) is 1.92. The highest BCUT2D eigenvalue weighted by atomic mass is 16.5. The molecule has 0 fully saturated rings. The Morgan fingerprint density at radius 2 is 1.86 bits per heavy atom. The van der Waals surface area contributed by atoms with Crippen molar-refractivity contribution in [3.8, 4) is 5.75 Å². The monoisotopic (exact) mass is 307 g/mol. The van der Waals surface area contributed by atoms with Crippen molar-refractivity contribution in [2.45, 2.75) is 33.4 Å². The molecule has 0 unspecified atom stereocenters. The molecule has 0 spiro atoms. The van der Waals surface area contributed by atoms with Gasteiger partial charge in [-0.3, -0.25) is 4.79 Å². The van der Waals surface area contributed by atoms with Crippen molar-refractivity contribution in [1.29, 1.82) is 0 Å². The lowest BCUT2D eigenvalue weighted by Crippen LogP contribution is -2.43. The molecule has 6 heteroatoms. The normalized spacial score (nSPS) is 10.2. The van der Waals surface area contributed by atoms with E-state index in [0.717, 1.165) is 11.3 Å². The minimum absolute atomic E-state index is 0.0260. The van der Waals surface area contributed by atoms with E-state index in [-0.39, 0.29) is 18.0 Å². The predicted molar refractivity (Wildman–Crippen MR) is 85.8 cm³/mol. The molecular formula is C16H25N3O3. The third-order valence-corrected chi connectivity index (χ3v) is 3.06. The van der Waals surface area contributed by atoms with E-state index in [1.807, 2.05) is 38.1 Å². The second-order valence-corrected chi connectivity index (χ2v) is 5.34. The van der Waals surface area contributed by atoms with E-state index in [2.05, 4.69) is 10.6 Å². The van der Waals surface area contributed by atoms with Gasteiger partial charge in [-0.05, 0) is 31.5 Å². The zero-order valence-electron chi connectivity index (χ0n) is 13.7. The van der Waals surface area contributed by atoms with E-state index in [1.54, 1.807) is 12.0 Å². The van der Waals surface area contributed by atoms with Gasteiger partial charge in [-0.25, -0.2) is 4.79 Å². The number of nitrogens with zero attached hydrogens (tertiary/aromatic N) is 1. The first-order valence-corrected chi connectivity index (χ1v) is 7.35. The van der Waals surface area contributed by atoms with Gasteiger partial charge in [-0.1, -0.05) is 12.1 Å². The maximum atomic E-state index is 11.7. The smallest absolute Gasteiger partial charge is 0.315 e. The molecule has 1 rings (SSSR count). The van der Waals surface area contributed by atoms with Crippen LogP contribution in [0.25, 0.3) is 0 Å². The van der Waals surface area contributed by atoms with Gasteiger partial charge in [0.15, 0.2) is 0 Å². The Morgan fingerprint density at radius 3 is 2.36 bits per heavy atom. The quantitative estimate of drug-likeness (QED) is 0.806. The third kappa shape index (κ3) is 6.47. The summed E-state index contributed by atoms with van der Waals surface area (Å²) in [4.78, 5) is 24.9. The maximum absolute atomic E-state index is 11.7. The number of carbonyl (C=O) groups excluding carboxylic acids is 2. The third-order valence-electron chi connectivity index (χ3n) is 3.06. The van der Waals surface area contributed by atoms with Crippen molar-refractivity contribution in [2.75, 3.05) is 20.2 Å². The highest BCUT2D eigenvalue weighted by Gasteiger charge is 2.10. The number of urea groups is 1. The Labute approximate surface area is 131 Å². The minimum Gasteiger partial charge on any atom is -0.497 e. The summed E-state index contributed by atoms with van der Waals surface area (Å²) in [7, 11) is 1.62. The average molecular weight is 307 g/mol. The standard InChI is InChI=1S/C16H25N3O3/c1-12(2)18-16(21)17-9-10-19(13(3)20)11-14-5-7-15(22-4)8-6-14/h5-8,12H,9-11H2,1-4H3,(H2,17,18,21). The number of amides is 3. The van der Waals surface area contributed by atoms with Crippen LogP contribution in [-0.2, 0) is 11.3 Å². The lowest BCUT2D eigenvalue weighted by atomic mass is 10.2. The zero-order chi connectivity index (χ0) is 16.5. The molecule has 0 heterocycles. The van der Waals surface area contributed by atoms with Crippen LogP contribution in [0.5, 0.6) is 5.75 Å². The molecule has 2 N–H and O–H groups in total. The van der Waals surface area contributed by atoms with Gasteiger partial charge in [0, 0.05) is 32.6 Å². The van der Waals surface area contributed by atoms with Gasteiger partial charge in [0.05, 0.1) is 7.11 Å². The van der Waals surface area contributed by atoms with E-state index < -0.39 is 0 Å². The molecule has 0 saturated carbocycles. The molecule has 0 bridgehead atoms. The summed E-state index contributed by atoms with van der Waals surface area (Å²) in [5, 5.41) is 5.48. The van der Waals surface area contributed by atoms with Crippen molar-refractivity contribution in [2.24, 2.45) is 0 Å². The van der Waals surface area contributed by atoms with Gasteiger partial charge >= 0.3 is 6.03 Å². The number of nitrogens with one attached hydrogen (secondary N) is 2. The molecule has 0 aromatic heterocycles. The van der Waals surface area contributed by atoms with Crippen LogP contribution in [-0.4, -0.2) is 43.1 Å². The first kappa shape index (κ1) is 17.8. The van der Waals surface area contributed by atoms with Gasteiger partial charge in [0.2, 0.25) is 5.91 Å². The lowest BCUT2D eigenvalue weighted by Gasteiger charge is -2.21. The van der Waals surface area contributed by atoms with Gasteiger partial charge in [-0.2, -0.15) is 0 Å². The van der Waals surface area contributed by atoms with E-state index >= 15 is 0 Å². The second-order valence-electron chi connectivity index (χ2n) is 5.34. The molecule has 3 amide bonds. The number of ether oxygens (including phenoxy) is 1. The molecule has 0 aliphatic rings. The molecular weight excluding hydrogens is 282 g/mol. The van der Waals surface area contributed by atoms with Crippen LogP contribution in [0.15, 0.2) is 24.3 Å². The summed E-state index contributed by atoms with van der Waals surface area (Å²) in [5.41, 5.74) is 1.02. The molecule has 1 aromatic rings. The summed E-state index contributed by atoms with van der Waals surface area (Å²) in [6.45, 7) is 6.70. The maximum Gasteiger partial charge on any atom is 0.315 e. The summed E-state index contributed by atoms with van der Waals surface area (Å²) >= 11 is 0. The van der Waals surface area contributed by atoms with Crippen LogP contribution in [0, 0.1) is 0 Å². The van der Waals surface area contributed by atoms with Crippen LogP contribution in [0.1, 0.15) is 26.3 Å². The number of rotatable bonds is 7. The van der Waals surface area contributed by atoms with Crippen LogP contribution >= 0.6 is 0 Å². The zero-order valence-corrected chi connectivity index (χ0v) is 13.7. The van der Waals surface area contributed by atoms with E-state index in [9.17, 15) is 9.59 Å². The van der Waals surface area contributed by atoms with Crippen LogP contribution in [0.2, 0.25) is 0 Å². The molecule has 122 valence electrons.